The fourth-order valence-electron chi connectivity index (χ4n) is 2.89. The Hall–Kier alpha value is -1.79. The van der Waals surface area contributed by atoms with Crippen LogP contribution < -0.4 is 4.74 Å². The van der Waals surface area contributed by atoms with E-state index >= 15 is 0 Å². The molecule has 0 fully saturated rings. The van der Waals surface area contributed by atoms with Gasteiger partial charge in [0.25, 0.3) is 0 Å². The number of nitrogens with zero attached hydrogens (tertiary/aromatic N) is 1. The van der Waals surface area contributed by atoms with Crippen molar-refractivity contribution in [2.24, 2.45) is 4.99 Å². The van der Waals surface area contributed by atoms with Crippen molar-refractivity contribution in [3.05, 3.63) is 100 Å². The number of carbonyl (C=O) groups excluding carboxylic acids is 1. The van der Waals surface area contributed by atoms with Gasteiger partial charge in [0.1, 0.15) is 18.2 Å². The van der Waals surface area contributed by atoms with Crippen LogP contribution in [0, 0.1) is 13.0 Å². The van der Waals surface area contributed by atoms with Crippen molar-refractivity contribution in [1.29, 1.82) is 0 Å². The van der Waals surface area contributed by atoms with Gasteiger partial charge in [0.15, 0.2) is 5.70 Å². The summed E-state index contributed by atoms with van der Waals surface area (Å²) < 4.78 is 27.2. The maximum absolute atomic E-state index is 13.4. The van der Waals surface area contributed by atoms with Gasteiger partial charge in [-0.1, -0.05) is 34.1 Å². The van der Waals surface area contributed by atoms with Gasteiger partial charge >= 0.3 is 5.97 Å². The second kappa shape index (κ2) is 9.78. The molecule has 1 heterocycles. The average molecular weight is 704 g/mol. The van der Waals surface area contributed by atoms with Crippen molar-refractivity contribution in [3.63, 3.8) is 0 Å². The molecule has 1 aliphatic heterocycles. The molecule has 0 unspecified atom stereocenters. The minimum absolute atomic E-state index is 0.231. The van der Waals surface area contributed by atoms with Crippen LogP contribution in [0.1, 0.15) is 16.7 Å². The number of hydrogen-bond acceptors (Lipinski definition) is 4. The van der Waals surface area contributed by atoms with Crippen molar-refractivity contribution in [3.8, 4) is 5.75 Å². The average Bonchev–Trinajstić information content (AvgIpc) is 3.08. The lowest BCUT2D eigenvalue weighted by molar-refractivity contribution is -0.129. The second-order valence-corrected chi connectivity index (χ2v) is 9.82. The lowest BCUT2D eigenvalue weighted by Crippen LogP contribution is -2.05. The van der Waals surface area contributed by atoms with E-state index in [4.69, 9.17) is 9.47 Å². The van der Waals surface area contributed by atoms with Gasteiger partial charge in [-0.2, -0.15) is 0 Å². The third-order valence-electron chi connectivity index (χ3n) is 4.29. The molecule has 0 N–H and O–H groups in total. The molecule has 0 spiro atoms. The highest BCUT2D eigenvalue weighted by molar-refractivity contribution is 14.1. The molecule has 0 aliphatic carbocycles. The molecule has 0 saturated heterocycles. The van der Waals surface area contributed by atoms with Crippen molar-refractivity contribution in [2.75, 3.05) is 0 Å². The van der Waals surface area contributed by atoms with Crippen LogP contribution in [0.15, 0.2) is 75.8 Å². The van der Waals surface area contributed by atoms with Crippen LogP contribution in [0.5, 0.6) is 5.75 Å². The molecule has 4 rings (SSSR count). The summed E-state index contributed by atoms with van der Waals surface area (Å²) in [6.07, 6.45) is 1.69. The molecule has 0 amide bonds. The lowest BCUT2D eigenvalue weighted by atomic mass is 10.2. The van der Waals surface area contributed by atoms with Gasteiger partial charge in [0, 0.05) is 10.0 Å². The number of benzene rings is 3. The summed E-state index contributed by atoms with van der Waals surface area (Å²) >= 11 is 7.76. The zero-order chi connectivity index (χ0) is 22.0. The standard InChI is InChI=1S/C23H13BrFI2NO3/c24-16-5-2-4-15(11-16)22-28-20(23(29)31-22)10-14-8-18(26)21(19(27)9-14)30-12-13-3-1-6-17(25)7-13/h1-11H,12H2/b20-10-. The maximum atomic E-state index is 13.4. The zero-order valence-corrected chi connectivity index (χ0v) is 21.6. The van der Waals surface area contributed by atoms with Crippen molar-refractivity contribution < 1.29 is 18.7 Å². The Morgan fingerprint density at radius 3 is 2.52 bits per heavy atom. The van der Waals surface area contributed by atoms with Gasteiger partial charge in [-0.3, -0.25) is 0 Å². The third-order valence-corrected chi connectivity index (χ3v) is 6.38. The molecule has 8 heteroatoms. The Morgan fingerprint density at radius 1 is 1.06 bits per heavy atom. The predicted octanol–water partition coefficient (Wildman–Crippen LogP) is 6.72. The number of carbonyl (C=O) groups is 1. The van der Waals surface area contributed by atoms with Gasteiger partial charge in [-0.15, -0.1) is 0 Å². The number of hydrogen-bond donors (Lipinski definition) is 0. The summed E-state index contributed by atoms with van der Waals surface area (Å²) in [4.78, 5) is 16.7. The molecule has 0 aromatic heterocycles. The first kappa shape index (κ1) is 22.4. The molecular weight excluding hydrogens is 691 g/mol. The first-order chi connectivity index (χ1) is 14.9. The maximum Gasteiger partial charge on any atom is 0.363 e. The number of ether oxygens (including phenoxy) is 2. The molecule has 0 radical (unpaired) electrons. The van der Waals surface area contributed by atoms with E-state index in [1.807, 2.05) is 42.5 Å². The van der Waals surface area contributed by atoms with Crippen molar-refractivity contribution in [1.82, 2.24) is 0 Å². The smallest absolute Gasteiger partial charge is 0.363 e. The highest BCUT2D eigenvalue weighted by Crippen LogP contribution is 2.31. The summed E-state index contributed by atoms with van der Waals surface area (Å²) in [5, 5.41) is 0. The van der Waals surface area contributed by atoms with Gasteiger partial charge in [0.05, 0.1) is 7.14 Å². The molecule has 156 valence electrons. The number of esters is 1. The topological polar surface area (TPSA) is 47.9 Å². The Kier molecular flexibility index (Phi) is 7.07. The summed E-state index contributed by atoms with van der Waals surface area (Å²) in [6, 6.07) is 17.5. The number of cyclic esters (lactones) is 1. The molecule has 4 nitrogen and oxygen atoms in total. The van der Waals surface area contributed by atoms with Crippen LogP contribution in [0.25, 0.3) is 6.08 Å². The molecule has 3 aromatic carbocycles. The molecule has 0 saturated carbocycles. The molecular formula is C23H13BrFI2NO3. The predicted molar refractivity (Wildman–Crippen MR) is 137 cm³/mol. The fourth-order valence-corrected chi connectivity index (χ4v) is 5.42. The molecule has 0 atom stereocenters. The highest BCUT2D eigenvalue weighted by Gasteiger charge is 2.24. The Balaban J connectivity index is 1.56. The number of aliphatic imine (C=N–C) groups is 1. The van der Waals surface area contributed by atoms with E-state index in [2.05, 4.69) is 66.1 Å². The first-order valence-electron chi connectivity index (χ1n) is 9.04. The van der Waals surface area contributed by atoms with Gasteiger partial charge in [-0.25, -0.2) is 14.2 Å². The summed E-state index contributed by atoms with van der Waals surface area (Å²) in [5.41, 5.74) is 2.50. The molecule has 31 heavy (non-hydrogen) atoms. The van der Waals surface area contributed by atoms with E-state index in [0.29, 0.717) is 5.75 Å². The van der Waals surface area contributed by atoms with E-state index in [0.717, 1.165) is 28.3 Å². The minimum Gasteiger partial charge on any atom is -0.487 e. The molecule has 1 aliphatic rings. The van der Waals surface area contributed by atoms with Crippen molar-refractivity contribution >= 4 is 79.1 Å². The number of halogens is 4. The normalized spacial score (nSPS) is 14.5. The third kappa shape index (κ3) is 5.53. The lowest BCUT2D eigenvalue weighted by Gasteiger charge is -2.11. The largest absolute Gasteiger partial charge is 0.487 e. The highest BCUT2D eigenvalue weighted by atomic mass is 127. The van der Waals surface area contributed by atoms with E-state index in [1.54, 1.807) is 12.1 Å². The van der Waals surface area contributed by atoms with Crippen LogP contribution >= 0.6 is 61.1 Å². The van der Waals surface area contributed by atoms with Gasteiger partial charge in [-0.05, 0) is 105 Å². The summed E-state index contributed by atoms with van der Waals surface area (Å²) in [7, 11) is 0. The zero-order valence-electron chi connectivity index (χ0n) is 15.7. The van der Waals surface area contributed by atoms with Crippen LogP contribution in [0.3, 0.4) is 0 Å². The second-order valence-electron chi connectivity index (χ2n) is 6.58. The first-order valence-corrected chi connectivity index (χ1v) is 12.0. The molecule has 3 aromatic rings. The van der Waals surface area contributed by atoms with Gasteiger partial charge in [0.2, 0.25) is 5.90 Å². The summed E-state index contributed by atoms with van der Waals surface area (Å²) in [6.45, 7) is 0.261. The summed E-state index contributed by atoms with van der Waals surface area (Å²) in [5.74, 6) is 0.196. The number of rotatable bonds is 5. The van der Waals surface area contributed by atoms with E-state index in [1.165, 1.54) is 12.1 Å². The minimum atomic E-state index is -0.494. The Morgan fingerprint density at radius 2 is 1.81 bits per heavy atom. The van der Waals surface area contributed by atoms with Crippen molar-refractivity contribution in [2.45, 2.75) is 6.61 Å². The fraction of sp³-hybridized carbons (Fsp3) is 0.0435. The SMILES string of the molecule is O=C1OC(c2cccc(Br)c2)=N/C1=C\c1cc(I)c(OCc2cccc(F)c2)c(I)c1. The van der Waals surface area contributed by atoms with Crippen LogP contribution in [0.2, 0.25) is 0 Å². The molecule has 0 bridgehead atoms. The van der Waals surface area contributed by atoms with Gasteiger partial charge < -0.3 is 9.47 Å². The quantitative estimate of drug-likeness (QED) is 0.169. The van der Waals surface area contributed by atoms with Crippen LogP contribution in [0.4, 0.5) is 4.39 Å². The van der Waals surface area contributed by atoms with Crippen LogP contribution in [-0.2, 0) is 16.1 Å². The van der Waals surface area contributed by atoms with E-state index in [9.17, 15) is 9.18 Å². The van der Waals surface area contributed by atoms with Crippen LogP contribution in [-0.4, -0.2) is 11.9 Å². The Labute approximate surface area is 214 Å². The Bertz CT molecular complexity index is 1220. The monoisotopic (exact) mass is 703 g/mol. The van der Waals surface area contributed by atoms with E-state index in [-0.39, 0.29) is 24.0 Å². The van der Waals surface area contributed by atoms with E-state index < -0.39 is 5.97 Å².